The van der Waals surface area contributed by atoms with E-state index in [0.717, 1.165) is 51.8 Å². The number of aromatic nitrogens is 2. The fourth-order valence-corrected chi connectivity index (χ4v) is 2.84. The number of anilines is 1. The SMILES string of the molecule is Cc1noc(C)c1-c1cc2cc(CN(C)C)oc2c(NC(C)C)n1. The van der Waals surface area contributed by atoms with E-state index in [1.165, 1.54) is 0 Å². The van der Waals surface area contributed by atoms with Crippen molar-refractivity contribution in [3.05, 3.63) is 29.3 Å². The summed E-state index contributed by atoms with van der Waals surface area (Å²) in [7, 11) is 4.04. The largest absolute Gasteiger partial charge is 0.456 e. The number of aryl methyl sites for hydroxylation is 2. The predicted molar refractivity (Wildman–Crippen MR) is 95.1 cm³/mol. The third kappa shape index (κ3) is 3.14. The average Bonchev–Trinajstić information content (AvgIpc) is 3.00. The van der Waals surface area contributed by atoms with E-state index < -0.39 is 0 Å². The van der Waals surface area contributed by atoms with Crippen molar-refractivity contribution in [3.8, 4) is 11.3 Å². The van der Waals surface area contributed by atoms with Gasteiger partial charge < -0.3 is 19.2 Å². The van der Waals surface area contributed by atoms with E-state index >= 15 is 0 Å². The van der Waals surface area contributed by atoms with Gasteiger partial charge in [0.2, 0.25) is 0 Å². The molecule has 0 saturated carbocycles. The Morgan fingerprint density at radius 1 is 1.21 bits per heavy atom. The molecule has 1 N–H and O–H groups in total. The van der Waals surface area contributed by atoms with E-state index in [2.05, 4.69) is 35.3 Å². The molecular formula is C18H24N4O2. The van der Waals surface area contributed by atoms with Gasteiger partial charge in [0, 0.05) is 11.4 Å². The Morgan fingerprint density at radius 2 is 1.96 bits per heavy atom. The number of nitrogens with one attached hydrogen (secondary N) is 1. The first-order valence-corrected chi connectivity index (χ1v) is 8.13. The molecule has 6 heteroatoms. The molecule has 0 amide bonds. The molecule has 3 heterocycles. The zero-order valence-electron chi connectivity index (χ0n) is 15.1. The summed E-state index contributed by atoms with van der Waals surface area (Å²) >= 11 is 0. The van der Waals surface area contributed by atoms with Crippen LogP contribution in [0.1, 0.15) is 31.1 Å². The zero-order chi connectivity index (χ0) is 17.4. The minimum atomic E-state index is 0.253. The molecule has 128 valence electrons. The van der Waals surface area contributed by atoms with Crippen molar-refractivity contribution < 1.29 is 8.94 Å². The van der Waals surface area contributed by atoms with Crippen LogP contribution in [0.25, 0.3) is 22.2 Å². The Labute approximate surface area is 141 Å². The molecule has 0 aliphatic heterocycles. The molecule has 0 bridgehead atoms. The molecule has 0 aliphatic rings. The highest BCUT2D eigenvalue weighted by molar-refractivity contribution is 5.91. The quantitative estimate of drug-likeness (QED) is 0.764. The van der Waals surface area contributed by atoms with Crippen LogP contribution in [0.3, 0.4) is 0 Å². The van der Waals surface area contributed by atoms with E-state index in [9.17, 15) is 0 Å². The van der Waals surface area contributed by atoms with Gasteiger partial charge in [0.05, 0.1) is 23.5 Å². The first kappa shape index (κ1) is 16.5. The van der Waals surface area contributed by atoms with Gasteiger partial charge in [-0.3, -0.25) is 0 Å². The van der Waals surface area contributed by atoms with Crippen LogP contribution >= 0.6 is 0 Å². The normalized spacial score (nSPS) is 11.8. The summed E-state index contributed by atoms with van der Waals surface area (Å²) in [5.41, 5.74) is 3.42. The summed E-state index contributed by atoms with van der Waals surface area (Å²) in [6.07, 6.45) is 0. The van der Waals surface area contributed by atoms with Crippen molar-refractivity contribution in [1.29, 1.82) is 0 Å². The second-order valence-electron chi connectivity index (χ2n) is 6.72. The minimum Gasteiger partial charge on any atom is -0.456 e. The van der Waals surface area contributed by atoms with Crippen molar-refractivity contribution >= 4 is 16.8 Å². The maximum absolute atomic E-state index is 6.04. The summed E-state index contributed by atoms with van der Waals surface area (Å²) in [6, 6.07) is 4.36. The van der Waals surface area contributed by atoms with Gasteiger partial charge in [-0.2, -0.15) is 0 Å². The molecule has 0 radical (unpaired) electrons. The van der Waals surface area contributed by atoms with E-state index in [-0.39, 0.29) is 6.04 Å². The fraction of sp³-hybridized carbons (Fsp3) is 0.444. The Kier molecular flexibility index (Phi) is 4.32. The highest BCUT2D eigenvalue weighted by Gasteiger charge is 2.18. The van der Waals surface area contributed by atoms with Crippen molar-refractivity contribution in [2.75, 3.05) is 19.4 Å². The molecule has 3 rings (SSSR count). The summed E-state index contributed by atoms with van der Waals surface area (Å²) < 4.78 is 11.3. The molecule has 3 aromatic heterocycles. The molecule has 3 aromatic rings. The molecule has 0 aromatic carbocycles. The standard InChI is InChI=1S/C18H24N4O2/c1-10(2)19-18-17-13(7-14(23-17)9-22(5)6)8-15(20-18)16-11(3)21-24-12(16)4/h7-8,10H,9H2,1-6H3,(H,19,20). The summed E-state index contributed by atoms with van der Waals surface area (Å²) in [5, 5.41) is 8.46. The van der Waals surface area contributed by atoms with E-state index in [0.29, 0.717) is 0 Å². The minimum absolute atomic E-state index is 0.253. The smallest absolute Gasteiger partial charge is 0.176 e. The van der Waals surface area contributed by atoms with Gasteiger partial charge in [-0.15, -0.1) is 0 Å². The lowest BCUT2D eigenvalue weighted by Gasteiger charge is -2.11. The van der Waals surface area contributed by atoms with Crippen LogP contribution in [0.15, 0.2) is 21.1 Å². The molecule has 0 atom stereocenters. The topological polar surface area (TPSA) is 67.3 Å². The lowest BCUT2D eigenvalue weighted by atomic mass is 10.1. The number of nitrogens with zero attached hydrogens (tertiary/aromatic N) is 3. The Hall–Kier alpha value is -2.34. The van der Waals surface area contributed by atoms with Crippen molar-refractivity contribution in [3.63, 3.8) is 0 Å². The fourth-order valence-electron chi connectivity index (χ4n) is 2.84. The van der Waals surface area contributed by atoms with E-state index in [1.54, 1.807) is 0 Å². The van der Waals surface area contributed by atoms with Gasteiger partial charge in [-0.1, -0.05) is 5.16 Å². The third-order valence-corrected chi connectivity index (χ3v) is 3.74. The van der Waals surface area contributed by atoms with Crippen LogP contribution in [0.5, 0.6) is 0 Å². The molecule has 0 unspecified atom stereocenters. The van der Waals surface area contributed by atoms with E-state index in [1.807, 2.05) is 34.0 Å². The number of hydrogen-bond acceptors (Lipinski definition) is 6. The molecule has 0 fully saturated rings. The zero-order valence-corrected chi connectivity index (χ0v) is 15.1. The lowest BCUT2D eigenvalue weighted by Crippen LogP contribution is -2.11. The Balaban J connectivity index is 2.18. The number of hydrogen-bond donors (Lipinski definition) is 1. The van der Waals surface area contributed by atoms with Gasteiger partial charge >= 0.3 is 0 Å². The van der Waals surface area contributed by atoms with Crippen molar-refractivity contribution in [2.24, 2.45) is 0 Å². The molecule has 0 aliphatic carbocycles. The Bertz CT molecular complexity index is 842. The van der Waals surface area contributed by atoms with Crippen LogP contribution < -0.4 is 5.32 Å². The van der Waals surface area contributed by atoms with E-state index in [4.69, 9.17) is 13.9 Å². The second-order valence-corrected chi connectivity index (χ2v) is 6.72. The van der Waals surface area contributed by atoms with Gasteiger partial charge in [0.15, 0.2) is 11.4 Å². The van der Waals surface area contributed by atoms with Gasteiger partial charge in [-0.25, -0.2) is 4.98 Å². The average molecular weight is 328 g/mol. The number of fused-ring (bicyclic) bond motifs is 1. The number of rotatable bonds is 5. The van der Waals surface area contributed by atoms with Gasteiger partial charge in [0.25, 0.3) is 0 Å². The number of furan rings is 1. The second kappa shape index (κ2) is 6.28. The van der Waals surface area contributed by atoms with Crippen LogP contribution in [-0.2, 0) is 6.54 Å². The van der Waals surface area contributed by atoms with Gasteiger partial charge in [0.1, 0.15) is 11.5 Å². The summed E-state index contributed by atoms with van der Waals surface area (Å²) in [4.78, 5) is 6.86. The highest BCUT2D eigenvalue weighted by Crippen LogP contribution is 2.33. The summed E-state index contributed by atoms with van der Waals surface area (Å²) in [5.74, 6) is 2.44. The van der Waals surface area contributed by atoms with Crippen LogP contribution in [0.4, 0.5) is 5.82 Å². The Morgan fingerprint density at radius 3 is 2.54 bits per heavy atom. The molecular weight excluding hydrogens is 304 g/mol. The number of pyridine rings is 1. The maximum atomic E-state index is 6.04. The third-order valence-electron chi connectivity index (χ3n) is 3.74. The van der Waals surface area contributed by atoms with Crippen molar-refractivity contribution in [1.82, 2.24) is 15.0 Å². The first-order chi connectivity index (χ1) is 11.3. The van der Waals surface area contributed by atoms with Crippen molar-refractivity contribution in [2.45, 2.75) is 40.3 Å². The molecule has 24 heavy (non-hydrogen) atoms. The van der Waals surface area contributed by atoms with Gasteiger partial charge in [-0.05, 0) is 53.9 Å². The molecule has 0 spiro atoms. The highest BCUT2D eigenvalue weighted by atomic mass is 16.5. The molecule has 0 saturated heterocycles. The van der Waals surface area contributed by atoms with Crippen LogP contribution in [-0.4, -0.2) is 35.2 Å². The van der Waals surface area contributed by atoms with Crippen LogP contribution in [0, 0.1) is 13.8 Å². The predicted octanol–water partition coefficient (Wildman–Crippen LogP) is 3.98. The monoisotopic (exact) mass is 328 g/mol. The summed E-state index contributed by atoms with van der Waals surface area (Å²) in [6.45, 7) is 8.75. The lowest BCUT2D eigenvalue weighted by molar-refractivity contribution is 0.358. The first-order valence-electron chi connectivity index (χ1n) is 8.13. The maximum Gasteiger partial charge on any atom is 0.176 e. The molecule has 6 nitrogen and oxygen atoms in total. The van der Waals surface area contributed by atoms with Crippen LogP contribution in [0.2, 0.25) is 0 Å².